The molecule has 3 rings (SSSR count). The number of aromatic nitrogens is 2. The molecule has 1 aliphatic carbocycles. The Morgan fingerprint density at radius 3 is 2.59 bits per heavy atom. The van der Waals surface area contributed by atoms with Crippen molar-refractivity contribution in [2.75, 3.05) is 0 Å². The number of pyridine rings is 1. The number of hydrogen-bond donors (Lipinski definition) is 1. The molecule has 1 unspecified atom stereocenters. The lowest BCUT2D eigenvalue weighted by molar-refractivity contribution is -0.137. The number of nitrogens with zero attached hydrogens (tertiary/aromatic N) is 2. The first-order valence-electron chi connectivity index (χ1n) is 7.29. The van der Waals surface area contributed by atoms with Crippen LogP contribution < -0.4 is 0 Å². The third kappa shape index (κ3) is 2.70. The van der Waals surface area contributed by atoms with Crippen LogP contribution in [0.2, 0.25) is 5.02 Å². The molecule has 0 saturated heterocycles. The zero-order chi connectivity index (χ0) is 15.9. The molecule has 0 spiro atoms. The second-order valence-electron chi connectivity index (χ2n) is 5.79. The van der Waals surface area contributed by atoms with Crippen LogP contribution in [0.3, 0.4) is 0 Å². The largest absolute Gasteiger partial charge is 0.417 e. The van der Waals surface area contributed by atoms with Crippen molar-refractivity contribution in [2.24, 2.45) is 5.92 Å². The molecule has 2 aromatic heterocycles. The molecule has 0 bridgehead atoms. The van der Waals surface area contributed by atoms with Crippen molar-refractivity contribution in [3.8, 4) is 0 Å². The Bertz CT molecular complexity index is 677. The summed E-state index contributed by atoms with van der Waals surface area (Å²) >= 11 is 6.01. The highest BCUT2D eigenvalue weighted by molar-refractivity contribution is 6.32. The topological polar surface area (TPSA) is 37.5 Å². The van der Waals surface area contributed by atoms with Gasteiger partial charge in [-0.2, -0.15) is 13.2 Å². The molecule has 2 aromatic rings. The Kier molecular flexibility index (Phi) is 4.07. The van der Waals surface area contributed by atoms with Gasteiger partial charge in [0, 0.05) is 0 Å². The first-order chi connectivity index (χ1) is 10.4. The molecule has 1 atom stereocenters. The minimum atomic E-state index is -4.57. The molecule has 1 fully saturated rings. The molecule has 0 aromatic carbocycles. The Balaban J connectivity index is 2.14. The molecule has 7 heteroatoms. The van der Waals surface area contributed by atoms with Gasteiger partial charge in [-0.25, -0.2) is 4.98 Å². The van der Waals surface area contributed by atoms with Crippen LogP contribution in [0, 0.1) is 5.92 Å². The Morgan fingerprint density at radius 1 is 1.27 bits per heavy atom. The maximum atomic E-state index is 13.2. The van der Waals surface area contributed by atoms with Crippen LogP contribution in [0.15, 0.2) is 18.6 Å². The van der Waals surface area contributed by atoms with E-state index in [4.69, 9.17) is 11.6 Å². The van der Waals surface area contributed by atoms with Crippen LogP contribution in [0.5, 0.6) is 0 Å². The van der Waals surface area contributed by atoms with Crippen LogP contribution >= 0.6 is 11.6 Å². The minimum absolute atomic E-state index is 0.0691. The molecule has 2 heterocycles. The minimum Gasteiger partial charge on any atom is -0.387 e. The molecule has 0 amide bonds. The number of rotatable bonds is 2. The number of hydrogen-bond acceptors (Lipinski definition) is 2. The van der Waals surface area contributed by atoms with E-state index in [0.717, 1.165) is 38.2 Å². The van der Waals surface area contributed by atoms with Gasteiger partial charge in [-0.05, 0) is 24.8 Å². The molecular weight excluding hydrogens is 317 g/mol. The third-order valence-electron chi connectivity index (χ3n) is 4.36. The maximum absolute atomic E-state index is 13.2. The fraction of sp³-hybridized carbons (Fsp3) is 0.533. The van der Waals surface area contributed by atoms with Gasteiger partial charge in [-0.1, -0.05) is 30.9 Å². The molecule has 22 heavy (non-hydrogen) atoms. The van der Waals surface area contributed by atoms with Gasteiger partial charge in [-0.3, -0.25) is 4.40 Å². The van der Waals surface area contributed by atoms with Crippen LogP contribution in [0.4, 0.5) is 13.2 Å². The van der Waals surface area contributed by atoms with Crippen molar-refractivity contribution in [3.63, 3.8) is 0 Å². The molecule has 1 aliphatic rings. The van der Waals surface area contributed by atoms with E-state index < -0.39 is 22.9 Å². The Hall–Kier alpha value is -1.27. The van der Waals surface area contributed by atoms with Gasteiger partial charge in [0.15, 0.2) is 0 Å². The first-order valence-corrected chi connectivity index (χ1v) is 7.67. The summed E-state index contributed by atoms with van der Waals surface area (Å²) in [6.07, 6.45) is 1.78. The quantitative estimate of drug-likeness (QED) is 0.871. The fourth-order valence-corrected chi connectivity index (χ4v) is 3.58. The van der Waals surface area contributed by atoms with Crippen molar-refractivity contribution >= 4 is 17.1 Å². The zero-order valence-electron chi connectivity index (χ0n) is 11.8. The number of alkyl halides is 3. The second kappa shape index (κ2) is 5.74. The first kappa shape index (κ1) is 15.6. The zero-order valence-corrected chi connectivity index (χ0v) is 12.5. The summed E-state index contributed by atoms with van der Waals surface area (Å²) in [5, 5.41) is 10.2. The Labute approximate surface area is 130 Å². The average Bonchev–Trinajstić information content (AvgIpc) is 2.94. The van der Waals surface area contributed by atoms with E-state index in [9.17, 15) is 18.3 Å². The lowest BCUT2D eigenvalue weighted by atomic mass is 9.83. The van der Waals surface area contributed by atoms with Gasteiger partial charge in [0.2, 0.25) is 0 Å². The SMILES string of the molecule is OC(c1c(Cl)c(C(F)(F)F)cc2cncn12)C1CCCCC1. The number of aliphatic hydroxyl groups excluding tert-OH is 1. The van der Waals surface area contributed by atoms with Gasteiger partial charge in [0.05, 0.1) is 40.4 Å². The predicted octanol–water partition coefficient (Wildman–Crippen LogP) is 4.62. The maximum Gasteiger partial charge on any atom is 0.417 e. The normalized spacial score (nSPS) is 18.8. The molecular formula is C15H16ClF3N2O. The third-order valence-corrected chi connectivity index (χ3v) is 4.76. The highest BCUT2D eigenvalue weighted by Gasteiger charge is 2.37. The summed E-state index contributed by atoms with van der Waals surface area (Å²) in [7, 11) is 0. The lowest BCUT2D eigenvalue weighted by Crippen LogP contribution is -2.20. The van der Waals surface area contributed by atoms with Crippen molar-refractivity contribution in [1.29, 1.82) is 0 Å². The number of fused-ring (bicyclic) bond motifs is 1. The van der Waals surface area contributed by atoms with Gasteiger partial charge < -0.3 is 5.11 Å². The number of halogens is 4. The molecule has 1 saturated carbocycles. The smallest absolute Gasteiger partial charge is 0.387 e. The van der Waals surface area contributed by atoms with E-state index in [0.29, 0.717) is 0 Å². The molecule has 3 nitrogen and oxygen atoms in total. The average molecular weight is 333 g/mol. The molecule has 120 valence electrons. The molecule has 0 radical (unpaired) electrons. The van der Waals surface area contributed by atoms with Gasteiger partial charge in [0.1, 0.15) is 0 Å². The van der Waals surface area contributed by atoms with E-state index in [1.807, 2.05) is 0 Å². The van der Waals surface area contributed by atoms with Crippen molar-refractivity contribution in [2.45, 2.75) is 44.4 Å². The fourth-order valence-electron chi connectivity index (χ4n) is 3.22. The number of aliphatic hydroxyl groups is 1. The molecule has 0 aliphatic heterocycles. The number of imidazole rings is 1. The van der Waals surface area contributed by atoms with Crippen LogP contribution in [-0.4, -0.2) is 14.5 Å². The standard InChI is InChI=1S/C15H16ClF3N2O/c16-12-11(15(17,18)19)6-10-7-20-8-21(10)13(12)14(22)9-4-2-1-3-5-9/h6-9,14,22H,1-5H2. The summed E-state index contributed by atoms with van der Waals surface area (Å²) in [6.45, 7) is 0. The summed E-state index contributed by atoms with van der Waals surface area (Å²) in [5.41, 5.74) is -0.551. The van der Waals surface area contributed by atoms with Gasteiger partial charge in [-0.15, -0.1) is 0 Å². The van der Waals surface area contributed by atoms with Crippen LogP contribution in [0.1, 0.15) is 49.5 Å². The monoisotopic (exact) mass is 332 g/mol. The second-order valence-corrected chi connectivity index (χ2v) is 6.16. The van der Waals surface area contributed by atoms with E-state index in [1.54, 1.807) is 0 Å². The van der Waals surface area contributed by atoms with E-state index in [2.05, 4.69) is 4.98 Å². The van der Waals surface area contributed by atoms with Crippen LogP contribution in [-0.2, 0) is 6.18 Å². The van der Waals surface area contributed by atoms with Gasteiger partial charge in [0.25, 0.3) is 0 Å². The van der Waals surface area contributed by atoms with Gasteiger partial charge >= 0.3 is 6.18 Å². The summed E-state index contributed by atoms with van der Waals surface area (Å²) in [6, 6.07) is 0.965. The van der Waals surface area contributed by atoms with E-state index >= 15 is 0 Å². The van der Waals surface area contributed by atoms with Crippen molar-refractivity contribution < 1.29 is 18.3 Å². The highest BCUT2D eigenvalue weighted by atomic mass is 35.5. The lowest BCUT2D eigenvalue weighted by Gasteiger charge is -2.28. The van der Waals surface area contributed by atoms with Crippen LogP contribution in [0.25, 0.3) is 5.52 Å². The summed E-state index contributed by atoms with van der Waals surface area (Å²) in [4.78, 5) is 3.88. The Morgan fingerprint density at radius 2 is 1.95 bits per heavy atom. The molecule has 1 N–H and O–H groups in total. The van der Waals surface area contributed by atoms with E-state index in [-0.39, 0.29) is 17.1 Å². The summed E-state index contributed by atoms with van der Waals surface area (Å²) < 4.78 is 41.0. The van der Waals surface area contributed by atoms with Crippen molar-refractivity contribution in [1.82, 2.24) is 9.38 Å². The van der Waals surface area contributed by atoms with E-state index in [1.165, 1.54) is 16.9 Å². The van der Waals surface area contributed by atoms with Crippen molar-refractivity contribution in [3.05, 3.63) is 34.9 Å². The predicted molar refractivity (Wildman–Crippen MR) is 76.7 cm³/mol. The highest BCUT2D eigenvalue weighted by Crippen LogP contribution is 2.42. The summed E-state index contributed by atoms with van der Waals surface area (Å²) in [5.74, 6) is -0.0691.